The molecule has 0 aromatic heterocycles. The van der Waals surface area contributed by atoms with Crippen LogP contribution in [0.1, 0.15) is 34.5 Å². The van der Waals surface area contributed by atoms with Crippen molar-refractivity contribution in [3.63, 3.8) is 0 Å². The van der Waals surface area contributed by atoms with Gasteiger partial charge in [-0.25, -0.2) is 0 Å². The lowest BCUT2D eigenvalue weighted by atomic mass is 10.1. The molecule has 0 saturated heterocycles. The molecule has 0 fully saturated rings. The van der Waals surface area contributed by atoms with E-state index in [4.69, 9.17) is 10.00 Å². The van der Waals surface area contributed by atoms with Crippen LogP contribution in [0.25, 0.3) is 0 Å². The Morgan fingerprint density at radius 3 is 2.57 bits per heavy atom. The molecule has 0 heterocycles. The van der Waals surface area contributed by atoms with Crippen LogP contribution < -0.4 is 10.1 Å². The van der Waals surface area contributed by atoms with Gasteiger partial charge in [-0.2, -0.15) is 5.26 Å². The van der Waals surface area contributed by atoms with Crippen LogP contribution in [0.2, 0.25) is 0 Å². The average molecular weight is 280 g/mol. The van der Waals surface area contributed by atoms with Gasteiger partial charge in [0.1, 0.15) is 5.75 Å². The van der Waals surface area contributed by atoms with Crippen molar-refractivity contribution in [2.75, 3.05) is 7.11 Å². The van der Waals surface area contributed by atoms with E-state index in [1.807, 2.05) is 19.1 Å². The molecule has 0 saturated carbocycles. The summed E-state index contributed by atoms with van der Waals surface area (Å²) in [4.78, 5) is 12.2. The predicted molar refractivity (Wildman–Crippen MR) is 80.0 cm³/mol. The van der Waals surface area contributed by atoms with Gasteiger partial charge in [0.2, 0.25) is 0 Å². The van der Waals surface area contributed by atoms with Gasteiger partial charge < -0.3 is 10.1 Å². The normalized spacial score (nSPS) is 11.3. The zero-order valence-corrected chi connectivity index (χ0v) is 12.0. The predicted octanol–water partition coefficient (Wildman–Crippen LogP) is 3.06. The van der Waals surface area contributed by atoms with Crippen molar-refractivity contribution in [1.82, 2.24) is 5.32 Å². The minimum absolute atomic E-state index is 0.142. The average Bonchev–Trinajstić information content (AvgIpc) is 2.54. The summed E-state index contributed by atoms with van der Waals surface area (Å²) in [7, 11) is 1.57. The van der Waals surface area contributed by atoms with E-state index in [1.54, 1.807) is 43.5 Å². The summed E-state index contributed by atoms with van der Waals surface area (Å²) >= 11 is 0. The van der Waals surface area contributed by atoms with Crippen molar-refractivity contribution >= 4 is 5.91 Å². The Labute approximate surface area is 124 Å². The smallest absolute Gasteiger partial charge is 0.251 e. The van der Waals surface area contributed by atoms with Gasteiger partial charge in [0.15, 0.2) is 0 Å². The Bertz CT molecular complexity index is 672. The summed E-state index contributed by atoms with van der Waals surface area (Å²) in [5.74, 6) is 0.486. The Morgan fingerprint density at radius 1 is 1.24 bits per heavy atom. The van der Waals surface area contributed by atoms with Crippen LogP contribution in [0.4, 0.5) is 0 Å². The SMILES string of the molecule is COc1cccc(C(=O)NC(C)c2ccc(C#N)cc2)c1. The Balaban J connectivity index is 2.09. The van der Waals surface area contributed by atoms with Gasteiger partial charge in [-0.15, -0.1) is 0 Å². The molecule has 2 aromatic carbocycles. The highest BCUT2D eigenvalue weighted by atomic mass is 16.5. The second-order valence-corrected chi connectivity index (χ2v) is 4.66. The maximum Gasteiger partial charge on any atom is 0.251 e. The number of nitrogens with one attached hydrogen (secondary N) is 1. The maximum atomic E-state index is 12.2. The van der Waals surface area contributed by atoms with E-state index in [0.29, 0.717) is 16.9 Å². The van der Waals surface area contributed by atoms with Crippen molar-refractivity contribution in [3.05, 3.63) is 65.2 Å². The number of carbonyl (C=O) groups excluding carboxylic acids is 1. The first-order chi connectivity index (χ1) is 10.1. The Kier molecular flexibility index (Phi) is 4.57. The fourth-order valence-corrected chi connectivity index (χ4v) is 1.97. The third-order valence-corrected chi connectivity index (χ3v) is 3.22. The number of nitrogens with zero attached hydrogens (tertiary/aromatic N) is 1. The van der Waals surface area contributed by atoms with Crippen LogP contribution in [-0.4, -0.2) is 13.0 Å². The Morgan fingerprint density at radius 2 is 1.95 bits per heavy atom. The first-order valence-corrected chi connectivity index (χ1v) is 6.59. The van der Waals surface area contributed by atoms with E-state index >= 15 is 0 Å². The zero-order valence-electron chi connectivity index (χ0n) is 12.0. The molecule has 2 aromatic rings. The maximum absolute atomic E-state index is 12.2. The standard InChI is InChI=1S/C17H16N2O2/c1-12(14-8-6-13(11-18)7-9-14)19-17(20)15-4-3-5-16(10-15)21-2/h3-10,12H,1-2H3,(H,19,20). The van der Waals surface area contributed by atoms with E-state index < -0.39 is 0 Å². The fourth-order valence-electron chi connectivity index (χ4n) is 1.97. The first kappa shape index (κ1) is 14.6. The van der Waals surface area contributed by atoms with Gasteiger partial charge >= 0.3 is 0 Å². The Hall–Kier alpha value is -2.80. The van der Waals surface area contributed by atoms with Crippen molar-refractivity contribution in [3.8, 4) is 11.8 Å². The van der Waals surface area contributed by atoms with Crippen LogP contribution in [0.3, 0.4) is 0 Å². The summed E-state index contributed by atoms with van der Waals surface area (Å²) in [6, 6.07) is 16.1. The van der Waals surface area contributed by atoms with Crippen LogP contribution >= 0.6 is 0 Å². The topological polar surface area (TPSA) is 62.1 Å². The van der Waals surface area contributed by atoms with Gasteiger partial charge in [0.25, 0.3) is 5.91 Å². The van der Waals surface area contributed by atoms with E-state index in [1.165, 1.54) is 0 Å². The second-order valence-electron chi connectivity index (χ2n) is 4.66. The number of amides is 1. The lowest BCUT2D eigenvalue weighted by Gasteiger charge is -2.14. The number of hydrogen-bond donors (Lipinski definition) is 1. The van der Waals surface area contributed by atoms with Crippen LogP contribution in [0.5, 0.6) is 5.75 Å². The molecule has 0 radical (unpaired) electrons. The molecule has 4 heteroatoms. The number of ether oxygens (including phenoxy) is 1. The molecule has 0 spiro atoms. The van der Waals surface area contributed by atoms with Gasteiger partial charge in [-0.3, -0.25) is 4.79 Å². The van der Waals surface area contributed by atoms with E-state index in [9.17, 15) is 4.79 Å². The second kappa shape index (κ2) is 6.58. The largest absolute Gasteiger partial charge is 0.497 e. The minimum atomic E-state index is -0.161. The lowest BCUT2D eigenvalue weighted by molar-refractivity contribution is 0.0939. The van der Waals surface area contributed by atoms with E-state index in [0.717, 1.165) is 5.56 Å². The van der Waals surface area contributed by atoms with Crippen molar-refractivity contribution in [1.29, 1.82) is 5.26 Å². The summed E-state index contributed by atoms with van der Waals surface area (Å²) < 4.78 is 5.11. The molecular formula is C17H16N2O2. The molecule has 106 valence electrons. The summed E-state index contributed by atoms with van der Waals surface area (Å²) in [5.41, 5.74) is 2.10. The van der Waals surface area contributed by atoms with Crippen LogP contribution in [0.15, 0.2) is 48.5 Å². The molecule has 1 N–H and O–H groups in total. The van der Waals surface area contributed by atoms with Crippen molar-refractivity contribution < 1.29 is 9.53 Å². The molecule has 1 unspecified atom stereocenters. The van der Waals surface area contributed by atoms with Gasteiger partial charge in [0, 0.05) is 5.56 Å². The number of carbonyl (C=O) groups is 1. The molecule has 21 heavy (non-hydrogen) atoms. The quantitative estimate of drug-likeness (QED) is 0.936. The highest BCUT2D eigenvalue weighted by Crippen LogP contribution is 2.16. The highest BCUT2D eigenvalue weighted by Gasteiger charge is 2.12. The van der Waals surface area contributed by atoms with Crippen LogP contribution in [0, 0.1) is 11.3 Å². The summed E-state index contributed by atoms with van der Waals surface area (Å²) in [5, 5.41) is 11.7. The molecule has 1 amide bonds. The first-order valence-electron chi connectivity index (χ1n) is 6.59. The lowest BCUT2D eigenvalue weighted by Crippen LogP contribution is -2.26. The fraction of sp³-hybridized carbons (Fsp3) is 0.176. The number of benzene rings is 2. The van der Waals surface area contributed by atoms with Gasteiger partial charge in [-0.05, 0) is 42.8 Å². The third-order valence-electron chi connectivity index (χ3n) is 3.22. The number of hydrogen-bond acceptors (Lipinski definition) is 3. The minimum Gasteiger partial charge on any atom is -0.497 e. The zero-order chi connectivity index (χ0) is 15.2. The van der Waals surface area contributed by atoms with Crippen molar-refractivity contribution in [2.45, 2.75) is 13.0 Å². The molecule has 0 aliphatic rings. The molecule has 0 aliphatic heterocycles. The van der Waals surface area contributed by atoms with Gasteiger partial charge in [-0.1, -0.05) is 18.2 Å². The number of nitriles is 1. The molecule has 0 bridgehead atoms. The number of methoxy groups -OCH3 is 1. The molecule has 2 rings (SSSR count). The van der Waals surface area contributed by atoms with E-state index in [-0.39, 0.29) is 11.9 Å². The molecule has 1 atom stereocenters. The molecule has 4 nitrogen and oxygen atoms in total. The van der Waals surface area contributed by atoms with Gasteiger partial charge in [0.05, 0.1) is 24.8 Å². The summed E-state index contributed by atoms with van der Waals surface area (Å²) in [6.07, 6.45) is 0. The molecular weight excluding hydrogens is 264 g/mol. The van der Waals surface area contributed by atoms with E-state index in [2.05, 4.69) is 11.4 Å². The monoisotopic (exact) mass is 280 g/mol. The summed E-state index contributed by atoms with van der Waals surface area (Å²) in [6.45, 7) is 1.90. The number of rotatable bonds is 4. The van der Waals surface area contributed by atoms with Crippen molar-refractivity contribution in [2.24, 2.45) is 0 Å². The third kappa shape index (κ3) is 3.61. The van der Waals surface area contributed by atoms with Crippen LogP contribution in [-0.2, 0) is 0 Å². The highest BCUT2D eigenvalue weighted by molar-refractivity contribution is 5.94. The molecule has 0 aliphatic carbocycles.